The summed E-state index contributed by atoms with van der Waals surface area (Å²) in [6.45, 7) is 4.27. The van der Waals surface area contributed by atoms with Crippen LogP contribution in [-0.4, -0.2) is 12.1 Å². The Labute approximate surface area is 143 Å². The van der Waals surface area contributed by atoms with Crippen molar-refractivity contribution in [2.75, 3.05) is 0 Å². The van der Waals surface area contributed by atoms with Crippen molar-refractivity contribution >= 4 is 5.97 Å². The molecule has 0 N–H and O–H groups in total. The first kappa shape index (κ1) is 16.6. The minimum absolute atomic E-state index is 0.00729. The van der Waals surface area contributed by atoms with E-state index in [1.807, 2.05) is 24.3 Å². The van der Waals surface area contributed by atoms with Gasteiger partial charge in [0.25, 0.3) is 0 Å². The Morgan fingerprint density at radius 3 is 2.50 bits per heavy atom. The van der Waals surface area contributed by atoms with Crippen molar-refractivity contribution in [2.45, 2.75) is 52.1 Å². The van der Waals surface area contributed by atoms with E-state index in [1.165, 1.54) is 5.56 Å². The van der Waals surface area contributed by atoms with Gasteiger partial charge < -0.3 is 9.47 Å². The molecule has 0 bridgehead atoms. The van der Waals surface area contributed by atoms with E-state index in [1.54, 1.807) is 6.07 Å². The van der Waals surface area contributed by atoms with Gasteiger partial charge in [-0.05, 0) is 48.2 Å². The largest absolute Gasteiger partial charge is 0.458 e. The number of hydrogen-bond donors (Lipinski definition) is 0. The highest BCUT2D eigenvalue weighted by atomic mass is 16.5. The second kappa shape index (κ2) is 7.52. The van der Waals surface area contributed by atoms with Crippen LogP contribution in [0.15, 0.2) is 42.5 Å². The third kappa shape index (κ3) is 3.78. The third-order valence-electron chi connectivity index (χ3n) is 4.33. The van der Waals surface area contributed by atoms with E-state index < -0.39 is 0 Å². The molecule has 1 aliphatic rings. The summed E-state index contributed by atoms with van der Waals surface area (Å²) in [5, 5.41) is 0. The van der Waals surface area contributed by atoms with Gasteiger partial charge in [-0.2, -0.15) is 0 Å². The Morgan fingerprint density at radius 2 is 1.79 bits per heavy atom. The molecule has 0 saturated heterocycles. The molecular formula is C21H24O3. The molecule has 3 rings (SSSR count). The molecule has 1 unspecified atom stereocenters. The predicted octanol–water partition coefficient (Wildman–Crippen LogP) is 5.31. The van der Waals surface area contributed by atoms with Crippen molar-refractivity contribution in [1.82, 2.24) is 0 Å². The Bertz CT molecular complexity index is 704. The molecule has 24 heavy (non-hydrogen) atoms. The van der Waals surface area contributed by atoms with Gasteiger partial charge in [0.2, 0.25) is 0 Å². The summed E-state index contributed by atoms with van der Waals surface area (Å²) in [7, 11) is 0. The summed E-state index contributed by atoms with van der Waals surface area (Å²) in [6, 6.07) is 13.8. The second-order valence-electron chi connectivity index (χ2n) is 6.34. The van der Waals surface area contributed by atoms with Crippen LogP contribution in [0.25, 0.3) is 0 Å². The van der Waals surface area contributed by atoms with Crippen LogP contribution in [0.1, 0.15) is 54.6 Å². The highest BCUT2D eigenvalue weighted by Gasteiger charge is 2.26. The molecule has 3 heteroatoms. The lowest BCUT2D eigenvalue weighted by Gasteiger charge is -2.24. The molecule has 0 aromatic heterocycles. The highest BCUT2D eigenvalue weighted by molar-refractivity contribution is 5.92. The van der Waals surface area contributed by atoms with Crippen LogP contribution < -0.4 is 4.74 Å². The lowest BCUT2D eigenvalue weighted by Crippen LogP contribution is -2.27. The Balaban J connectivity index is 1.74. The number of ether oxygens (including phenoxy) is 2. The van der Waals surface area contributed by atoms with Crippen molar-refractivity contribution in [1.29, 1.82) is 0 Å². The smallest absolute Gasteiger partial charge is 0.338 e. The molecule has 2 aromatic carbocycles. The van der Waals surface area contributed by atoms with E-state index in [-0.39, 0.29) is 12.1 Å². The number of esters is 1. The van der Waals surface area contributed by atoms with Gasteiger partial charge in [-0.1, -0.05) is 44.9 Å². The maximum atomic E-state index is 12.2. The number of fused-ring (bicyclic) bond motifs is 1. The molecule has 0 aliphatic carbocycles. The van der Waals surface area contributed by atoms with Gasteiger partial charge in [0, 0.05) is 6.42 Å². The maximum Gasteiger partial charge on any atom is 0.338 e. The zero-order chi connectivity index (χ0) is 16.9. The molecular weight excluding hydrogens is 300 g/mol. The second-order valence-corrected chi connectivity index (χ2v) is 6.34. The number of cyclic esters (lactones) is 1. The standard InChI is InChI=1S/C21H24O3/c1-3-5-15-7-10-17(11-8-15)23-19-12-9-16-13-18(6-4-2)24-21(22)20(16)14-19/h7-12,14,18H,3-6,13H2,1-2H3. The molecule has 0 amide bonds. The summed E-state index contributed by atoms with van der Waals surface area (Å²) in [4.78, 5) is 12.2. The van der Waals surface area contributed by atoms with Gasteiger partial charge in [-0.15, -0.1) is 0 Å². The van der Waals surface area contributed by atoms with Gasteiger partial charge >= 0.3 is 5.97 Å². The van der Waals surface area contributed by atoms with Crippen LogP contribution >= 0.6 is 0 Å². The van der Waals surface area contributed by atoms with Gasteiger partial charge in [-0.3, -0.25) is 0 Å². The van der Waals surface area contributed by atoms with Gasteiger partial charge in [0.15, 0.2) is 0 Å². The van der Waals surface area contributed by atoms with Crippen molar-refractivity contribution < 1.29 is 14.3 Å². The molecule has 1 atom stereocenters. The van der Waals surface area contributed by atoms with E-state index in [0.717, 1.165) is 43.4 Å². The van der Waals surface area contributed by atoms with Gasteiger partial charge in [0.1, 0.15) is 17.6 Å². The van der Waals surface area contributed by atoms with E-state index >= 15 is 0 Å². The molecule has 0 radical (unpaired) electrons. The quantitative estimate of drug-likeness (QED) is 0.675. The summed E-state index contributed by atoms with van der Waals surface area (Å²) in [5.41, 5.74) is 2.98. The van der Waals surface area contributed by atoms with Crippen molar-refractivity contribution in [2.24, 2.45) is 0 Å². The Hall–Kier alpha value is -2.29. The third-order valence-corrected chi connectivity index (χ3v) is 4.33. The van der Waals surface area contributed by atoms with Gasteiger partial charge in [-0.25, -0.2) is 4.79 Å². The number of benzene rings is 2. The topological polar surface area (TPSA) is 35.5 Å². The van der Waals surface area contributed by atoms with Crippen LogP contribution in [-0.2, 0) is 17.6 Å². The average Bonchev–Trinajstić information content (AvgIpc) is 2.58. The lowest BCUT2D eigenvalue weighted by atomic mass is 9.96. The van der Waals surface area contributed by atoms with Crippen LogP contribution in [0.4, 0.5) is 0 Å². The summed E-state index contributed by atoms with van der Waals surface area (Å²) in [5.74, 6) is 1.21. The zero-order valence-electron chi connectivity index (χ0n) is 14.4. The number of aryl methyl sites for hydroxylation is 1. The highest BCUT2D eigenvalue weighted by Crippen LogP contribution is 2.29. The number of hydrogen-bond acceptors (Lipinski definition) is 3. The molecule has 0 spiro atoms. The maximum absolute atomic E-state index is 12.2. The molecule has 3 nitrogen and oxygen atoms in total. The van der Waals surface area contributed by atoms with Crippen molar-refractivity contribution in [3.8, 4) is 11.5 Å². The predicted molar refractivity (Wildman–Crippen MR) is 94.8 cm³/mol. The number of rotatable bonds is 6. The Kier molecular flexibility index (Phi) is 5.19. The normalized spacial score (nSPS) is 16.4. The monoisotopic (exact) mass is 324 g/mol. The summed E-state index contributed by atoms with van der Waals surface area (Å²) >= 11 is 0. The molecule has 2 aromatic rings. The van der Waals surface area contributed by atoms with E-state index in [4.69, 9.17) is 9.47 Å². The van der Waals surface area contributed by atoms with E-state index in [2.05, 4.69) is 26.0 Å². The first-order chi connectivity index (χ1) is 11.7. The minimum Gasteiger partial charge on any atom is -0.458 e. The van der Waals surface area contributed by atoms with Gasteiger partial charge in [0.05, 0.1) is 5.56 Å². The lowest BCUT2D eigenvalue weighted by molar-refractivity contribution is 0.0236. The summed E-state index contributed by atoms with van der Waals surface area (Å²) in [6.07, 6.45) is 4.93. The van der Waals surface area contributed by atoms with E-state index in [0.29, 0.717) is 11.3 Å². The summed E-state index contributed by atoms with van der Waals surface area (Å²) < 4.78 is 11.4. The molecule has 1 heterocycles. The number of carbonyl (C=O) groups is 1. The van der Waals surface area contributed by atoms with E-state index in [9.17, 15) is 4.79 Å². The first-order valence-electron chi connectivity index (χ1n) is 8.80. The molecule has 1 aliphatic heterocycles. The fourth-order valence-corrected chi connectivity index (χ4v) is 3.12. The van der Waals surface area contributed by atoms with Crippen molar-refractivity contribution in [3.63, 3.8) is 0 Å². The van der Waals surface area contributed by atoms with Crippen LogP contribution in [0.2, 0.25) is 0 Å². The van der Waals surface area contributed by atoms with Crippen LogP contribution in [0.3, 0.4) is 0 Å². The zero-order valence-corrected chi connectivity index (χ0v) is 14.4. The molecule has 0 saturated carbocycles. The molecule has 0 fully saturated rings. The number of carbonyl (C=O) groups excluding carboxylic acids is 1. The fourth-order valence-electron chi connectivity index (χ4n) is 3.12. The van der Waals surface area contributed by atoms with Crippen LogP contribution in [0.5, 0.6) is 11.5 Å². The van der Waals surface area contributed by atoms with Crippen LogP contribution in [0, 0.1) is 0 Å². The SMILES string of the molecule is CCCc1ccc(Oc2ccc3c(c2)C(=O)OC(CCC)C3)cc1. The average molecular weight is 324 g/mol. The fraction of sp³-hybridized carbons (Fsp3) is 0.381. The van der Waals surface area contributed by atoms with Crippen molar-refractivity contribution in [3.05, 3.63) is 59.2 Å². The Morgan fingerprint density at radius 1 is 1.04 bits per heavy atom. The first-order valence-corrected chi connectivity index (χ1v) is 8.80. The molecule has 126 valence electrons. The minimum atomic E-state index is -0.238.